The maximum atomic E-state index is 12.6. The molecule has 0 aliphatic rings. The van der Waals surface area contributed by atoms with E-state index in [0.717, 1.165) is 28.3 Å². The quantitative estimate of drug-likeness (QED) is 0.378. The first kappa shape index (κ1) is 24.7. The Morgan fingerprint density at radius 2 is 1.91 bits per heavy atom. The van der Waals surface area contributed by atoms with E-state index >= 15 is 0 Å². The highest BCUT2D eigenvalue weighted by Gasteiger charge is 2.15. The van der Waals surface area contributed by atoms with Crippen LogP contribution in [0.25, 0.3) is 10.6 Å². The molecule has 7 nitrogen and oxygen atoms in total. The van der Waals surface area contributed by atoms with Gasteiger partial charge < -0.3 is 14.4 Å². The molecule has 0 N–H and O–H groups in total. The van der Waals surface area contributed by atoms with Crippen LogP contribution in [0, 0.1) is 0 Å². The third-order valence-electron chi connectivity index (χ3n) is 4.87. The van der Waals surface area contributed by atoms with Gasteiger partial charge in [0, 0.05) is 25.2 Å². The fraction of sp³-hybridized carbons (Fsp3) is 0.333. The van der Waals surface area contributed by atoms with Gasteiger partial charge in [-0.3, -0.25) is 4.79 Å². The number of carbonyl (C=O) groups is 1. The van der Waals surface area contributed by atoms with Crippen molar-refractivity contribution in [2.45, 2.75) is 24.7 Å². The highest BCUT2D eigenvalue weighted by atomic mass is 32.2. The Morgan fingerprint density at radius 3 is 2.67 bits per heavy atom. The van der Waals surface area contributed by atoms with E-state index in [0.29, 0.717) is 31.9 Å². The number of carbonyl (C=O) groups excluding carboxylic acids is 1. The second-order valence-corrected chi connectivity index (χ2v) is 10.4. The van der Waals surface area contributed by atoms with Crippen LogP contribution in [0.3, 0.4) is 0 Å². The van der Waals surface area contributed by atoms with Gasteiger partial charge in [-0.2, -0.15) is 0 Å². The summed E-state index contributed by atoms with van der Waals surface area (Å²) in [6, 6.07) is 14.2. The molecule has 3 rings (SSSR count). The van der Waals surface area contributed by atoms with Crippen LogP contribution in [0.4, 0.5) is 0 Å². The number of hydrogen-bond donors (Lipinski definition) is 0. The predicted molar refractivity (Wildman–Crippen MR) is 130 cm³/mol. The zero-order chi connectivity index (χ0) is 23.8. The monoisotopic (exact) mass is 488 g/mol. The standard InChI is InChI=1S/C24H28N2O5S2/c1-4-30-22-12-6-5-11-21(22)24-25-18(17-32-24)15-23(27)26(2)13-8-14-31-19-9-7-10-20(16-19)33(3,28)29/h5-7,9-12,16-17H,4,8,13-15H2,1-3H3. The third kappa shape index (κ3) is 7.03. The number of thiazole rings is 1. The summed E-state index contributed by atoms with van der Waals surface area (Å²) in [5.74, 6) is 1.25. The van der Waals surface area contributed by atoms with Crippen molar-refractivity contribution in [3.05, 3.63) is 59.6 Å². The van der Waals surface area contributed by atoms with Gasteiger partial charge in [0.15, 0.2) is 9.84 Å². The molecule has 0 aliphatic carbocycles. The molecule has 1 aromatic heterocycles. The SMILES string of the molecule is CCOc1ccccc1-c1nc(CC(=O)N(C)CCCOc2cccc(S(C)(=O)=O)c2)cs1. The average Bonchev–Trinajstić information content (AvgIpc) is 3.25. The van der Waals surface area contributed by atoms with E-state index in [1.54, 1.807) is 24.1 Å². The molecule has 1 heterocycles. The molecule has 0 aliphatic heterocycles. The first-order valence-corrected chi connectivity index (χ1v) is 13.4. The van der Waals surface area contributed by atoms with Crippen molar-refractivity contribution < 1.29 is 22.7 Å². The van der Waals surface area contributed by atoms with Gasteiger partial charge in [0.05, 0.1) is 35.8 Å². The van der Waals surface area contributed by atoms with Crippen molar-refractivity contribution in [1.29, 1.82) is 0 Å². The highest BCUT2D eigenvalue weighted by Crippen LogP contribution is 2.32. The molecule has 0 atom stereocenters. The molecule has 9 heteroatoms. The van der Waals surface area contributed by atoms with Gasteiger partial charge in [0.1, 0.15) is 16.5 Å². The van der Waals surface area contributed by atoms with E-state index < -0.39 is 9.84 Å². The van der Waals surface area contributed by atoms with Gasteiger partial charge in [-0.15, -0.1) is 11.3 Å². The second-order valence-electron chi connectivity index (χ2n) is 7.51. The number of hydrogen-bond acceptors (Lipinski definition) is 7. The first-order chi connectivity index (χ1) is 15.8. The van der Waals surface area contributed by atoms with Gasteiger partial charge in [-0.05, 0) is 43.7 Å². The van der Waals surface area contributed by atoms with Crippen molar-refractivity contribution in [2.24, 2.45) is 0 Å². The second kappa shape index (κ2) is 11.3. The fourth-order valence-corrected chi connectivity index (χ4v) is 4.64. The number of amides is 1. The Morgan fingerprint density at radius 1 is 1.12 bits per heavy atom. The maximum Gasteiger partial charge on any atom is 0.228 e. The molecule has 176 valence electrons. The Hall–Kier alpha value is -2.91. The minimum Gasteiger partial charge on any atom is -0.493 e. The molecule has 33 heavy (non-hydrogen) atoms. The number of nitrogens with zero attached hydrogens (tertiary/aromatic N) is 2. The molecular weight excluding hydrogens is 460 g/mol. The molecule has 0 radical (unpaired) electrons. The average molecular weight is 489 g/mol. The minimum absolute atomic E-state index is 0.0241. The number of sulfone groups is 1. The Kier molecular flexibility index (Phi) is 8.46. The Balaban J connectivity index is 1.49. The molecule has 2 aromatic carbocycles. The molecule has 0 spiro atoms. The van der Waals surface area contributed by atoms with Gasteiger partial charge in [0.25, 0.3) is 0 Å². The van der Waals surface area contributed by atoms with Crippen LogP contribution >= 0.6 is 11.3 Å². The molecule has 0 bridgehead atoms. The smallest absolute Gasteiger partial charge is 0.228 e. The van der Waals surface area contributed by atoms with Crippen LogP contribution in [0.15, 0.2) is 58.8 Å². The normalized spacial score (nSPS) is 11.2. The van der Waals surface area contributed by atoms with Crippen molar-refractivity contribution in [2.75, 3.05) is 33.1 Å². The minimum atomic E-state index is -3.28. The van der Waals surface area contributed by atoms with Gasteiger partial charge in [-0.25, -0.2) is 13.4 Å². The van der Waals surface area contributed by atoms with Gasteiger partial charge >= 0.3 is 0 Å². The van der Waals surface area contributed by atoms with Gasteiger partial charge in [-0.1, -0.05) is 18.2 Å². The van der Waals surface area contributed by atoms with E-state index in [1.165, 1.54) is 23.5 Å². The number of rotatable bonds is 11. The lowest BCUT2D eigenvalue weighted by atomic mass is 10.2. The zero-order valence-electron chi connectivity index (χ0n) is 19.0. The van der Waals surface area contributed by atoms with Crippen LogP contribution in [0.1, 0.15) is 19.0 Å². The zero-order valence-corrected chi connectivity index (χ0v) is 20.6. The molecule has 0 unspecified atom stereocenters. The largest absolute Gasteiger partial charge is 0.493 e. The van der Waals surface area contributed by atoms with Crippen LogP contribution in [-0.2, 0) is 21.1 Å². The topological polar surface area (TPSA) is 85.8 Å². The fourth-order valence-electron chi connectivity index (χ4n) is 3.14. The Labute approximate surface area is 198 Å². The summed E-state index contributed by atoms with van der Waals surface area (Å²) in [4.78, 5) is 19.1. The number of likely N-dealkylation sites (N-methyl/N-ethyl adjacent to an activating group) is 1. The summed E-state index contributed by atoms with van der Waals surface area (Å²) in [7, 11) is -1.52. The number of para-hydroxylation sites is 1. The third-order valence-corrected chi connectivity index (χ3v) is 6.90. The van der Waals surface area contributed by atoms with E-state index in [-0.39, 0.29) is 17.2 Å². The van der Waals surface area contributed by atoms with Crippen LogP contribution in [0.5, 0.6) is 11.5 Å². The van der Waals surface area contributed by atoms with E-state index in [4.69, 9.17) is 9.47 Å². The van der Waals surface area contributed by atoms with E-state index in [2.05, 4.69) is 4.98 Å². The lowest BCUT2D eigenvalue weighted by Gasteiger charge is -2.17. The van der Waals surface area contributed by atoms with Crippen LogP contribution in [0.2, 0.25) is 0 Å². The van der Waals surface area contributed by atoms with E-state index in [1.807, 2.05) is 36.6 Å². The molecule has 0 saturated heterocycles. The summed E-state index contributed by atoms with van der Waals surface area (Å²) in [6.07, 6.45) is 2.01. The number of benzene rings is 2. The van der Waals surface area contributed by atoms with Gasteiger partial charge in [0.2, 0.25) is 5.91 Å². The predicted octanol–water partition coefficient (Wildman–Crippen LogP) is 4.08. The lowest BCUT2D eigenvalue weighted by molar-refractivity contribution is -0.129. The summed E-state index contributed by atoms with van der Waals surface area (Å²) in [5, 5.41) is 2.73. The molecular formula is C24H28N2O5S2. The van der Waals surface area contributed by atoms with Crippen molar-refractivity contribution in [1.82, 2.24) is 9.88 Å². The molecule has 3 aromatic rings. The summed E-state index contributed by atoms with van der Waals surface area (Å²) >= 11 is 1.49. The maximum absolute atomic E-state index is 12.6. The van der Waals surface area contributed by atoms with Crippen molar-refractivity contribution in [3.63, 3.8) is 0 Å². The van der Waals surface area contributed by atoms with E-state index in [9.17, 15) is 13.2 Å². The van der Waals surface area contributed by atoms with Crippen molar-refractivity contribution in [3.8, 4) is 22.1 Å². The highest BCUT2D eigenvalue weighted by molar-refractivity contribution is 7.90. The number of ether oxygens (including phenoxy) is 2. The summed E-state index contributed by atoms with van der Waals surface area (Å²) < 4.78 is 34.6. The summed E-state index contributed by atoms with van der Waals surface area (Å²) in [6.45, 7) is 3.41. The summed E-state index contributed by atoms with van der Waals surface area (Å²) in [5.41, 5.74) is 1.65. The molecule has 0 saturated carbocycles. The van der Waals surface area contributed by atoms with Crippen molar-refractivity contribution >= 4 is 27.1 Å². The Bertz CT molecular complexity index is 1190. The molecule has 0 fully saturated rings. The van der Waals surface area contributed by atoms with Crippen LogP contribution < -0.4 is 9.47 Å². The molecule has 1 amide bonds. The lowest BCUT2D eigenvalue weighted by Crippen LogP contribution is -2.30. The van der Waals surface area contributed by atoms with Crippen LogP contribution in [-0.4, -0.2) is 57.3 Å². The number of aromatic nitrogens is 1. The first-order valence-electron chi connectivity index (χ1n) is 10.6.